The van der Waals surface area contributed by atoms with Crippen LogP contribution < -0.4 is 5.56 Å². The van der Waals surface area contributed by atoms with Gasteiger partial charge >= 0.3 is 0 Å². The number of aromatic amines is 1. The third-order valence-corrected chi connectivity index (χ3v) is 4.23. The fourth-order valence-corrected chi connectivity index (χ4v) is 2.92. The Morgan fingerprint density at radius 1 is 1.23 bits per heavy atom. The molecular formula is C16H15Cl2N3O. The maximum absolute atomic E-state index is 12.4. The van der Waals surface area contributed by atoms with Crippen molar-refractivity contribution >= 4 is 28.8 Å². The molecule has 0 amide bonds. The van der Waals surface area contributed by atoms with Gasteiger partial charge in [0.2, 0.25) is 0 Å². The van der Waals surface area contributed by atoms with E-state index in [0.29, 0.717) is 22.8 Å². The lowest BCUT2D eigenvalue weighted by Crippen LogP contribution is -2.18. The Balaban J connectivity index is 2.33. The van der Waals surface area contributed by atoms with Crippen molar-refractivity contribution < 1.29 is 0 Å². The first-order valence-electron chi connectivity index (χ1n) is 7.08. The summed E-state index contributed by atoms with van der Waals surface area (Å²) in [6, 6.07) is 7.47. The third kappa shape index (κ3) is 2.42. The van der Waals surface area contributed by atoms with Gasteiger partial charge in [-0.25, -0.2) is 4.98 Å². The minimum Gasteiger partial charge on any atom is -0.293 e. The molecule has 6 heteroatoms. The van der Waals surface area contributed by atoms with E-state index in [2.05, 4.69) is 10.1 Å². The van der Waals surface area contributed by atoms with Crippen LogP contribution in [-0.2, 0) is 6.42 Å². The van der Waals surface area contributed by atoms with Crippen molar-refractivity contribution in [3.63, 3.8) is 0 Å². The topological polar surface area (TPSA) is 50.2 Å². The van der Waals surface area contributed by atoms with E-state index in [4.69, 9.17) is 23.2 Å². The van der Waals surface area contributed by atoms with Crippen molar-refractivity contribution in [1.82, 2.24) is 14.6 Å². The number of aromatic nitrogens is 3. The summed E-state index contributed by atoms with van der Waals surface area (Å²) in [6.07, 6.45) is 1.55. The number of hydrogen-bond acceptors (Lipinski definition) is 2. The van der Waals surface area contributed by atoms with Gasteiger partial charge in [0, 0.05) is 16.3 Å². The minimum absolute atomic E-state index is 0.184. The number of rotatable bonds is 3. The molecule has 4 nitrogen and oxygen atoms in total. The molecule has 114 valence electrons. The highest BCUT2D eigenvalue weighted by molar-refractivity contribution is 6.31. The van der Waals surface area contributed by atoms with E-state index in [1.54, 1.807) is 0 Å². The predicted octanol–water partition coefficient (Wildman–Crippen LogP) is 4.26. The molecule has 3 aromatic rings. The van der Waals surface area contributed by atoms with E-state index in [1.165, 1.54) is 4.52 Å². The molecule has 0 aliphatic rings. The molecule has 0 spiro atoms. The van der Waals surface area contributed by atoms with E-state index in [0.717, 1.165) is 23.2 Å². The molecule has 0 aliphatic heterocycles. The van der Waals surface area contributed by atoms with Crippen molar-refractivity contribution in [2.45, 2.75) is 26.7 Å². The Hall–Kier alpha value is -1.78. The van der Waals surface area contributed by atoms with Crippen molar-refractivity contribution in [1.29, 1.82) is 0 Å². The second-order valence-corrected chi connectivity index (χ2v) is 6.02. The van der Waals surface area contributed by atoms with Crippen molar-refractivity contribution in [2.24, 2.45) is 0 Å². The number of fused-ring (bicyclic) bond motifs is 1. The first-order chi connectivity index (χ1) is 10.5. The van der Waals surface area contributed by atoms with Gasteiger partial charge in [-0.15, -0.1) is 0 Å². The van der Waals surface area contributed by atoms with Gasteiger partial charge in [0.1, 0.15) is 5.02 Å². The molecule has 0 atom stereocenters. The summed E-state index contributed by atoms with van der Waals surface area (Å²) in [4.78, 5) is 17.0. The lowest BCUT2D eigenvalue weighted by atomic mass is 10.1. The predicted molar refractivity (Wildman–Crippen MR) is 90.0 cm³/mol. The van der Waals surface area contributed by atoms with Crippen molar-refractivity contribution in [3.05, 3.63) is 56.1 Å². The van der Waals surface area contributed by atoms with Crippen LogP contribution in [0, 0.1) is 6.92 Å². The highest BCUT2D eigenvalue weighted by Crippen LogP contribution is 2.28. The van der Waals surface area contributed by atoms with Gasteiger partial charge in [-0.3, -0.25) is 9.89 Å². The second kappa shape index (κ2) is 5.78. The Kier molecular flexibility index (Phi) is 3.98. The number of nitrogens with one attached hydrogen (secondary N) is 1. The maximum atomic E-state index is 12.4. The van der Waals surface area contributed by atoms with Crippen LogP contribution in [0.15, 0.2) is 29.1 Å². The van der Waals surface area contributed by atoms with Crippen LogP contribution in [0.5, 0.6) is 0 Å². The van der Waals surface area contributed by atoms with E-state index in [9.17, 15) is 4.79 Å². The number of halogens is 2. The molecule has 0 bridgehead atoms. The number of hydrogen-bond donors (Lipinski definition) is 1. The molecule has 0 saturated heterocycles. The van der Waals surface area contributed by atoms with Gasteiger partial charge in [0.25, 0.3) is 5.56 Å². The zero-order valence-electron chi connectivity index (χ0n) is 12.3. The highest BCUT2D eigenvalue weighted by atomic mass is 35.5. The zero-order chi connectivity index (χ0) is 15.9. The Morgan fingerprint density at radius 3 is 2.55 bits per heavy atom. The quantitative estimate of drug-likeness (QED) is 0.777. The standard InChI is InChI=1S/C16H15Cl2N3O/c1-3-4-12-14(18)16(22)21-15(19-12)13(9(2)20-21)10-5-7-11(17)8-6-10/h5-8,20H,3-4H2,1-2H3. The van der Waals surface area contributed by atoms with E-state index >= 15 is 0 Å². The summed E-state index contributed by atoms with van der Waals surface area (Å²) < 4.78 is 1.40. The van der Waals surface area contributed by atoms with E-state index < -0.39 is 0 Å². The third-order valence-electron chi connectivity index (χ3n) is 3.59. The number of aryl methyl sites for hydroxylation is 2. The summed E-state index contributed by atoms with van der Waals surface area (Å²) in [7, 11) is 0. The highest BCUT2D eigenvalue weighted by Gasteiger charge is 2.17. The average Bonchev–Trinajstić information content (AvgIpc) is 2.82. The lowest BCUT2D eigenvalue weighted by Gasteiger charge is -2.04. The fourth-order valence-electron chi connectivity index (χ4n) is 2.57. The SMILES string of the molecule is CCCc1nc2c(-c3ccc(Cl)cc3)c(C)[nH]n2c(=O)c1Cl. The number of H-pyrrole nitrogens is 1. The molecule has 0 aliphatic carbocycles. The molecule has 0 unspecified atom stereocenters. The van der Waals surface area contributed by atoms with Crippen LogP contribution in [0.3, 0.4) is 0 Å². The summed E-state index contributed by atoms with van der Waals surface area (Å²) in [5.74, 6) is 0. The first kappa shape index (κ1) is 15.1. The normalized spacial score (nSPS) is 11.3. The molecule has 1 aromatic carbocycles. The van der Waals surface area contributed by atoms with Gasteiger partial charge in [-0.1, -0.05) is 48.7 Å². The van der Waals surface area contributed by atoms with Gasteiger partial charge < -0.3 is 0 Å². The molecule has 1 N–H and O–H groups in total. The molecule has 22 heavy (non-hydrogen) atoms. The van der Waals surface area contributed by atoms with Crippen molar-refractivity contribution in [3.8, 4) is 11.1 Å². The van der Waals surface area contributed by atoms with E-state index in [-0.39, 0.29) is 10.6 Å². The molecule has 0 radical (unpaired) electrons. The van der Waals surface area contributed by atoms with Gasteiger partial charge in [0.15, 0.2) is 5.65 Å². The van der Waals surface area contributed by atoms with Crippen molar-refractivity contribution in [2.75, 3.05) is 0 Å². The fraction of sp³-hybridized carbons (Fsp3) is 0.250. The first-order valence-corrected chi connectivity index (χ1v) is 7.84. The van der Waals surface area contributed by atoms with Crippen LogP contribution in [0.25, 0.3) is 16.8 Å². The van der Waals surface area contributed by atoms with Crippen LogP contribution in [0.4, 0.5) is 0 Å². The van der Waals surface area contributed by atoms with Crippen LogP contribution >= 0.6 is 23.2 Å². The monoisotopic (exact) mass is 335 g/mol. The van der Waals surface area contributed by atoms with Crippen LogP contribution in [0.1, 0.15) is 24.7 Å². The summed E-state index contributed by atoms with van der Waals surface area (Å²) in [5.41, 5.74) is 3.68. The largest absolute Gasteiger partial charge is 0.293 e. The Bertz CT molecular complexity index is 894. The summed E-state index contributed by atoms with van der Waals surface area (Å²) in [6.45, 7) is 3.94. The molecule has 2 heterocycles. The van der Waals surface area contributed by atoms with Crippen LogP contribution in [-0.4, -0.2) is 14.6 Å². The van der Waals surface area contributed by atoms with Gasteiger partial charge in [-0.2, -0.15) is 4.52 Å². The molecular weight excluding hydrogens is 321 g/mol. The van der Waals surface area contributed by atoms with Gasteiger partial charge in [0.05, 0.1) is 5.69 Å². The van der Waals surface area contributed by atoms with E-state index in [1.807, 2.05) is 38.1 Å². The minimum atomic E-state index is -0.265. The lowest BCUT2D eigenvalue weighted by molar-refractivity contribution is 0.833. The number of benzene rings is 1. The maximum Gasteiger partial charge on any atom is 0.291 e. The molecule has 2 aromatic heterocycles. The summed E-state index contributed by atoms with van der Waals surface area (Å²) >= 11 is 12.1. The number of nitrogens with zero attached hydrogens (tertiary/aromatic N) is 2. The van der Waals surface area contributed by atoms with Gasteiger partial charge in [-0.05, 0) is 31.0 Å². The Labute approximate surface area is 137 Å². The molecule has 3 rings (SSSR count). The summed E-state index contributed by atoms with van der Waals surface area (Å²) in [5, 5.41) is 3.89. The zero-order valence-corrected chi connectivity index (χ0v) is 13.8. The second-order valence-electron chi connectivity index (χ2n) is 5.21. The smallest absolute Gasteiger partial charge is 0.291 e. The average molecular weight is 336 g/mol. The Morgan fingerprint density at radius 2 is 1.91 bits per heavy atom. The molecule has 0 saturated carbocycles. The molecule has 0 fully saturated rings. The van der Waals surface area contributed by atoms with Crippen LogP contribution in [0.2, 0.25) is 10.0 Å².